The number of nitrogens with two attached hydrogens (primary N) is 1. The monoisotopic (exact) mass is 230 g/mol. The van der Waals surface area contributed by atoms with E-state index in [1.807, 2.05) is 13.8 Å². The molecule has 6 nitrogen and oxygen atoms in total. The van der Waals surface area contributed by atoms with Crippen LogP contribution >= 0.6 is 0 Å². The van der Waals surface area contributed by atoms with Gasteiger partial charge < -0.3 is 20.1 Å². The molecule has 0 aromatic heterocycles. The predicted octanol–water partition coefficient (Wildman–Crippen LogP) is -0.876. The van der Waals surface area contributed by atoms with Gasteiger partial charge in [-0.3, -0.25) is 9.59 Å². The fourth-order valence-corrected chi connectivity index (χ4v) is 1.50. The molecule has 0 saturated carbocycles. The van der Waals surface area contributed by atoms with Gasteiger partial charge in [-0.1, -0.05) is 0 Å². The first-order valence-corrected chi connectivity index (χ1v) is 5.30. The van der Waals surface area contributed by atoms with E-state index in [0.29, 0.717) is 13.2 Å². The van der Waals surface area contributed by atoms with Gasteiger partial charge in [-0.2, -0.15) is 0 Å². The molecule has 0 spiro atoms. The van der Waals surface area contributed by atoms with Crippen LogP contribution in [0.3, 0.4) is 0 Å². The largest absolute Gasteiger partial charge is 0.376 e. The van der Waals surface area contributed by atoms with Crippen LogP contribution in [-0.2, 0) is 19.1 Å². The number of rotatable bonds is 4. The van der Waals surface area contributed by atoms with E-state index >= 15 is 0 Å². The molecular formula is C10H18N2O4. The molecule has 1 saturated heterocycles. The van der Waals surface area contributed by atoms with Crippen molar-refractivity contribution < 1.29 is 19.1 Å². The Morgan fingerprint density at radius 1 is 1.44 bits per heavy atom. The lowest BCUT2D eigenvalue weighted by molar-refractivity contribution is -0.160. The fourth-order valence-electron chi connectivity index (χ4n) is 1.50. The zero-order chi connectivity index (χ0) is 12.1. The summed E-state index contributed by atoms with van der Waals surface area (Å²) in [5, 5.41) is 0. The second-order valence-corrected chi connectivity index (χ2v) is 3.96. The van der Waals surface area contributed by atoms with Crippen LogP contribution in [0, 0.1) is 0 Å². The van der Waals surface area contributed by atoms with Crippen molar-refractivity contribution in [3.05, 3.63) is 0 Å². The lowest BCUT2D eigenvalue weighted by Gasteiger charge is -2.31. The van der Waals surface area contributed by atoms with Crippen molar-refractivity contribution in [2.45, 2.75) is 26.0 Å². The average Bonchev–Trinajstić information content (AvgIpc) is 2.25. The van der Waals surface area contributed by atoms with E-state index in [0.717, 1.165) is 0 Å². The smallest absolute Gasteiger partial charge is 0.254 e. The van der Waals surface area contributed by atoms with E-state index in [4.69, 9.17) is 15.2 Å². The number of carbonyl (C=O) groups excluding carboxylic acids is 2. The molecule has 0 aliphatic carbocycles. The third kappa shape index (κ3) is 3.46. The Morgan fingerprint density at radius 3 is 2.56 bits per heavy atom. The molecule has 92 valence electrons. The number of carbonyl (C=O) groups is 2. The highest BCUT2D eigenvalue weighted by Gasteiger charge is 2.29. The molecule has 1 fully saturated rings. The van der Waals surface area contributed by atoms with Crippen molar-refractivity contribution in [3.63, 3.8) is 0 Å². The standard InChI is InChI=1S/C10H18N2O4/c1-7(2)12(5-9(11)13)10(14)8-6-15-3-4-16-8/h7-8H,3-6H2,1-2H3,(H2,11,13). The molecule has 1 atom stereocenters. The van der Waals surface area contributed by atoms with Gasteiger partial charge in [-0.15, -0.1) is 0 Å². The first-order chi connectivity index (χ1) is 7.52. The van der Waals surface area contributed by atoms with Crippen molar-refractivity contribution in [2.24, 2.45) is 5.73 Å². The second kappa shape index (κ2) is 5.81. The third-order valence-electron chi connectivity index (χ3n) is 2.32. The van der Waals surface area contributed by atoms with Gasteiger partial charge in [-0.05, 0) is 13.8 Å². The molecule has 1 heterocycles. The number of ether oxygens (including phenoxy) is 2. The first kappa shape index (κ1) is 12.9. The Morgan fingerprint density at radius 2 is 2.12 bits per heavy atom. The van der Waals surface area contributed by atoms with Crippen LogP contribution in [0.2, 0.25) is 0 Å². The van der Waals surface area contributed by atoms with Crippen LogP contribution in [0.15, 0.2) is 0 Å². The number of primary amides is 1. The molecule has 0 aromatic rings. The van der Waals surface area contributed by atoms with Gasteiger partial charge in [0.05, 0.1) is 26.4 Å². The lowest BCUT2D eigenvalue weighted by Crippen LogP contribution is -2.50. The van der Waals surface area contributed by atoms with Crippen LogP contribution < -0.4 is 5.73 Å². The molecule has 1 aliphatic heterocycles. The Balaban J connectivity index is 2.61. The van der Waals surface area contributed by atoms with E-state index in [9.17, 15) is 9.59 Å². The lowest BCUT2D eigenvalue weighted by atomic mass is 10.2. The quantitative estimate of drug-likeness (QED) is 0.680. The zero-order valence-electron chi connectivity index (χ0n) is 9.64. The van der Waals surface area contributed by atoms with Crippen LogP contribution in [-0.4, -0.2) is 55.2 Å². The molecule has 2 N–H and O–H groups in total. The molecule has 6 heteroatoms. The van der Waals surface area contributed by atoms with Gasteiger partial charge in [0.1, 0.15) is 0 Å². The maximum atomic E-state index is 12.0. The van der Waals surface area contributed by atoms with E-state index < -0.39 is 12.0 Å². The summed E-state index contributed by atoms with van der Waals surface area (Å²) in [5.41, 5.74) is 5.09. The molecule has 16 heavy (non-hydrogen) atoms. The maximum absolute atomic E-state index is 12.0. The number of hydrogen-bond donors (Lipinski definition) is 1. The van der Waals surface area contributed by atoms with Crippen LogP contribution in [0.4, 0.5) is 0 Å². The molecule has 0 aromatic carbocycles. The van der Waals surface area contributed by atoms with Gasteiger partial charge >= 0.3 is 0 Å². The van der Waals surface area contributed by atoms with Crippen LogP contribution in [0.1, 0.15) is 13.8 Å². The minimum Gasteiger partial charge on any atom is -0.376 e. The Hall–Kier alpha value is -1.14. The number of hydrogen-bond acceptors (Lipinski definition) is 4. The van der Waals surface area contributed by atoms with Crippen molar-refractivity contribution in [3.8, 4) is 0 Å². The van der Waals surface area contributed by atoms with Crippen molar-refractivity contribution in [2.75, 3.05) is 26.4 Å². The SMILES string of the molecule is CC(C)N(CC(N)=O)C(=O)C1COCCO1. The van der Waals surface area contributed by atoms with E-state index in [2.05, 4.69) is 0 Å². The molecule has 0 bridgehead atoms. The Bertz CT molecular complexity index is 262. The molecule has 1 rings (SSSR count). The number of nitrogens with zero attached hydrogens (tertiary/aromatic N) is 1. The summed E-state index contributed by atoms with van der Waals surface area (Å²) in [4.78, 5) is 24.3. The van der Waals surface area contributed by atoms with Crippen molar-refractivity contribution in [1.82, 2.24) is 4.90 Å². The summed E-state index contributed by atoms with van der Waals surface area (Å²) in [6.07, 6.45) is -0.615. The Labute approximate surface area is 94.7 Å². The molecular weight excluding hydrogens is 212 g/mol. The molecule has 2 amide bonds. The average molecular weight is 230 g/mol. The van der Waals surface area contributed by atoms with Gasteiger partial charge in [0.15, 0.2) is 6.10 Å². The third-order valence-corrected chi connectivity index (χ3v) is 2.32. The summed E-state index contributed by atoms with van der Waals surface area (Å²) in [6.45, 7) is 4.70. The van der Waals surface area contributed by atoms with Crippen molar-refractivity contribution >= 4 is 11.8 Å². The van der Waals surface area contributed by atoms with Gasteiger partial charge in [0.25, 0.3) is 5.91 Å². The summed E-state index contributed by atoms with van der Waals surface area (Å²) in [6, 6.07) is -0.0921. The highest BCUT2D eigenvalue weighted by Crippen LogP contribution is 2.08. The van der Waals surface area contributed by atoms with E-state index in [1.54, 1.807) is 0 Å². The van der Waals surface area contributed by atoms with Gasteiger partial charge in [-0.25, -0.2) is 0 Å². The van der Waals surface area contributed by atoms with Crippen molar-refractivity contribution in [1.29, 1.82) is 0 Å². The van der Waals surface area contributed by atoms with Crippen LogP contribution in [0.25, 0.3) is 0 Å². The molecule has 1 aliphatic rings. The maximum Gasteiger partial charge on any atom is 0.254 e. The summed E-state index contributed by atoms with van der Waals surface area (Å²) < 4.78 is 10.4. The van der Waals surface area contributed by atoms with Crippen LogP contribution in [0.5, 0.6) is 0 Å². The summed E-state index contributed by atoms with van der Waals surface area (Å²) >= 11 is 0. The zero-order valence-corrected chi connectivity index (χ0v) is 9.64. The minimum absolute atomic E-state index is 0.0869. The van der Waals surface area contributed by atoms with E-state index in [-0.39, 0.29) is 25.1 Å². The first-order valence-electron chi connectivity index (χ1n) is 5.30. The summed E-state index contributed by atoms with van der Waals surface area (Å²) in [5.74, 6) is -0.771. The van der Waals surface area contributed by atoms with E-state index in [1.165, 1.54) is 4.90 Å². The highest BCUT2D eigenvalue weighted by molar-refractivity contribution is 5.86. The Kier molecular flexibility index (Phi) is 4.70. The second-order valence-electron chi connectivity index (χ2n) is 3.96. The topological polar surface area (TPSA) is 81.9 Å². The number of amides is 2. The molecule has 1 unspecified atom stereocenters. The predicted molar refractivity (Wildman–Crippen MR) is 56.6 cm³/mol. The highest BCUT2D eigenvalue weighted by atomic mass is 16.6. The molecule has 0 radical (unpaired) electrons. The van der Waals surface area contributed by atoms with Gasteiger partial charge in [0, 0.05) is 6.04 Å². The van der Waals surface area contributed by atoms with Gasteiger partial charge in [0.2, 0.25) is 5.91 Å². The summed E-state index contributed by atoms with van der Waals surface area (Å²) in [7, 11) is 0. The fraction of sp³-hybridized carbons (Fsp3) is 0.800. The normalized spacial score (nSPS) is 20.8. The minimum atomic E-state index is -0.615.